The Morgan fingerprint density at radius 1 is 1.42 bits per heavy atom. The van der Waals surface area contributed by atoms with Crippen molar-refractivity contribution in [2.24, 2.45) is 5.84 Å². The number of para-hydroxylation sites is 1. The van der Waals surface area contributed by atoms with E-state index in [0.29, 0.717) is 0 Å². The highest BCUT2D eigenvalue weighted by Gasteiger charge is 2.38. The molecule has 1 aliphatic rings. The molecule has 4 heteroatoms. The Hall–Kier alpha value is -1.10. The van der Waals surface area contributed by atoms with E-state index >= 15 is 0 Å². The molecule has 0 saturated heterocycles. The number of methoxy groups -OCH3 is 1. The second-order valence-corrected chi connectivity index (χ2v) is 5.01. The van der Waals surface area contributed by atoms with Gasteiger partial charge in [-0.05, 0) is 18.4 Å². The smallest absolute Gasteiger partial charge is 0.127 e. The first-order valence-corrected chi connectivity index (χ1v) is 6.98. The topological polar surface area (TPSA) is 56.5 Å². The zero-order chi connectivity index (χ0) is 13.9. The van der Waals surface area contributed by atoms with Crippen LogP contribution in [-0.2, 0) is 11.2 Å². The van der Waals surface area contributed by atoms with Gasteiger partial charge in [-0.1, -0.05) is 32.0 Å². The van der Waals surface area contributed by atoms with E-state index in [-0.39, 0.29) is 11.6 Å². The van der Waals surface area contributed by atoms with Crippen LogP contribution in [0.3, 0.4) is 0 Å². The number of hydrogen-bond donors (Lipinski definition) is 2. The van der Waals surface area contributed by atoms with Gasteiger partial charge >= 0.3 is 0 Å². The summed E-state index contributed by atoms with van der Waals surface area (Å²) in [4.78, 5) is 0. The van der Waals surface area contributed by atoms with Crippen molar-refractivity contribution in [3.63, 3.8) is 0 Å². The molecule has 106 valence electrons. The van der Waals surface area contributed by atoms with Crippen molar-refractivity contribution in [1.29, 1.82) is 0 Å². The molecule has 4 nitrogen and oxygen atoms in total. The number of ether oxygens (including phenoxy) is 2. The van der Waals surface area contributed by atoms with Crippen LogP contribution in [0.4, 0.5) is 0 Å². The van der Waals surface area contributed by atoms with Crippen molar-refractivity contribution < 1.29 is 9.47 Å². The lowest BCUT2D eigenvalue weighted by molar-refractivity contribution is -0.0491. The monoisotopic (exact) mass is 264 g/mol. The fourth-order valence-corrected chi connectivity index (χ4v) is 3.06. The predicted molar refractivity (Wildman–Crippen MR) is 76.0 cm³/mol. The summed E-state index contributed by atoms with van der Waals surface area (Å²) < 4.78 is 11.6. The fourth-order valence-electron chi connectivity index (χ4n) is 3.06. The van der Waals surface area contributed by atoms with E-state index in [1.54, 1.807) is 7.11 Å². The second kappa shape index (κ2) is 5.90. The first-order chi connectivity index (χ1) is 9.22. The Bertz CT molecular complexity index is 422. The molecule has 1 unspecified atom stereocenters. The quantitative estimate of drug-likeness (QED) is 0.611. The minimum Gasteiger partial charge on any atom is -0.493 e. The van der Waals surface area contributed by atoms with Gasteiger partial charge in [0.15, 0.2) is 0 Å². The fraction of sp³-hybridized carbons (Fsp3) is 0.600. The third-order valence-electron chi connectivity index (χ3n) is 4.35. The molecule has 3 N–H and O–H groups in total. The highest BCUT2D eigenvalue weighted by molar-refractivity contribution is 5.46. The van der Waals surface area contributed by atoms with E-state index in [2.05, 4.69) is 37.5 Å². The van der Waals surface area contributed by atoms with Crippen molar-refractivity contribution in [2.45, 2.75) is 44.8 Å². The number of nitrogens with one attached hydrogen (secondary N) is 1. The van der Waals surface area contributed by atoms with Gasteiger partial charge in [0.05, 0.1) is 18.2 Å². The molecule has 1 aromatic carbocycles. The molecule has 0 saturated carbocycles. The van der Waals surface area contributed by atoms with Crippen molar-refractivity contribution in [2.75, 3.05) is 13.7 Å². The summed E-state index contributed by atoms with van der Waals surface area (Å²) in [5.41, 5.74) is 4.99. The molecular weight excluding hydrogens is 240 g/mol. The maximum Gasteiger partial charge on any atom is 0.127 e. The van der Waals surface area contributed by atoms with E-state index in [9.17, 15) is 0 Å². The number of fused-ring (bicyclic) bond motifs is 1. The molecule has 1 aliphatic heterocycles. The first-order valence-electron chi connectivity index (χ1n) is 6.98. The average molecular weight is 264 g/mol. The van der Waals surface area contributed by atoms with Crippen LogP contribution in [0.1, 0.15) is 43.9 Å². The van der Waals surface area contributed by atoms with Gasteiger partial charge in [0.2, 0.25) is 0 Å². The minimum atomic E-state index is -0.310. The Balaban J connectivity index is 2.45. The maximum atomic E-state index is 5.83. The highest BCUT2D eigenvalue weighted by Crippen LogP contribution is 2.41. The SMILES string of the molecule is CCC(CC)(OC)C(NN)c1cccc2c1OCC2. The van der Waals surface area contributed by atoms with E-state index in [1.807, 2.05) is 0 Å². The molecule has 19 heavy (non-hydrogen) atoms. The van der Waals surface area contributed by atoms with E-state index in [1.165, 1.54) is 5.56 Å². The first kappa shape index (κ1) is 14.3. The number of hydrogen-bond acceptors (Lipinski definition) is 4. The zero-order valence-electron chi connectivity index (χ0n) is 12.0. The third kappa shape index (κ3) is 2.36. The summed E-state index contributed by atoms with van der Waals surface area (Å²) in [5, 5.41) is 0. The highest BCUT2D eigenvalue weighted by atomic mass is 16.5. The minimum absolute atomic E-state index is 0.0689. The molecule has 0 amide bonds. The van der Waals surface area contributed by atoms with Crippen molar-refractivity contribution in [1.82, 2.24) is 5.43 Å². The second-order valence-electron chi connectivity index (χ2n) is 5.01. The van der Waals surface area contributed by atoms with Crippen LogP contribution in [0.15, 0.2) is 18.2 Å². The van der Waals surface area contributed by atoms with Crippen LogP contribution < -0.4 is 16.0 Å². The van der Waals surface area contributed by atoms with Gasteiger partial charge in [-0.2, -0.15) is 0 Å². The van der Waals surface area contributed by atoms with E-state index in [4.69, 9.17) is 15.3 Å². The lowest BCUT2D eigenvalue weighted by atomic mass is 9.83. The molecule has 1 aromatic rings. The molecule has 0 bridgehead atoms. The third-order valence-corrected chi connectivity index (χ3v) is 4.35. The van der Waals surface area contributed by atoms with Gasteiger partial charge in [0.1, 0.15) is 5.75 Å². The molecule has 0 spiro atoms. The van der Waals surface area contributed by atoms with E-state index in [0.717, 1.165) is 37.2 Å². The van der Waals surface area contributed by atoms with Crippen molar-refractivity contribution in [3.05, 3.63) is 29.3 Å². The Morgan fingerprint density at radius 2 is 2.16 bits per heavy atom. The van der Waals surface area contributed by atoms with Crippen molar-refractivity contribution in [3.8, 4) is 5.75 Å². The van der Waals surface area contributed by atoms with Gasteiger partial charge < -0.3 is 9.47 Å². The number of hydrazine groups is 1. The van der Waals surface area contributed by atoms with Gasteiger partial charge in [0, 0.05) is 19.1 Å². The Morgan fingerprint density at radius 3 is 2.74 bits per heavy atom. The summed E-state index contributed by atoms with van der Waals surface area (Å²) in [7, 11) is 1.75. The Labute approximate surface area is 115 Å². The lowest BCUT2D eigenvalue weighted by Crippen LogP contribution is -2.47. The van der Waals surface area contributed by atoms with Gasteiger partial charge in [0.25, 0.3) is 0 Å². The van der Waals surface area contributed by atoms with Crippen LogP contribution in [-0.4, -0.2) is 19.3 Å². The van der Waals surface area contributed by atoms with Crippen LogP contribution in [0, 0.1) is 0 Å². The molecule has 2 rings (SSSR count). The molecular formula is C15H24N2O2. The maximum absolute atomic E-state index is 5.83. The number of benzene rings is 1. The van der Waals surface area contributed by atoms with Crippen LogP contribution in [0.25, 0.3) is 0 Å². The molecule has 1 heterocycles. The molecule has 0 fully saturated rings. The summed E-state index contributed by atoms with van der Waals surface area (Å²) in [6.45, 7) is 5.00. The number of nitrogens with two attached hydrogens (primary N) is 1. The number of rotatable bonds is 6. The van der Waals surface area contributed by atoms with Crippen LogP contribution >= 0.6 is 0 Å². The van der Waals surface area contributed by atoms with Gasteiger partial charge in [-0.15, -0.1) is 0 Å². The van der Waals surface area contributed by atoms with E-state index < -0.39 is 0 Å². The largest absolute Gasteiger partial charge is 0.493 e. The van der Waals surface area contributed by atoms with Crippen molar-refractivity contribution >= 4 is 0 Å². The molecule has 0 aromatic heterocycles. The molecule has 1 atom stereocenters. The van der Waals surface area contributed by atoms with Gasteiger partial charge in [-0.3, -0.25) is 5.84 Å². The summed E-state index contributed by atoms with van der Waals surface area (Å²) in [5.74, 6) is 6.81. The summed E-state index contributed by atoms with van der Waals surface area (Å²) in [6, 6.07) is 6.19. The van der Waals surface area contributed by atoms with Crippen LogP contribution in [0.5, 0.6) is 5.75 Å². The standard InChI is InChI=1S/C15H24N2O2/c1-4-15(5-2,18-3)14(17-16)12-8-6-7-11-9-10-19-13(11)12/h6-8,14,17H,4-5,9-10,16H2,1-3H3. The molecule has 0 radical (unpaired) electrons. The molecule has 0 aliphatic carbocycles. The summed E-state index contributed by atoms with van der Waals surface area (Å²) in [6.07, 6.45) is 2.75. The van der Waals surface area contributed by atoms with Gasteiger partial charge in [-0.25, -0.2) is 5.43 Å². The summed E-state index contributed by atoms with van der Waals surface area (Å²) >= 11 is 0. The zero-order valence-corrected chi connectivity index (χ0v) is 12.0. The normalized spacial score (nSPS) is 16.0. The average Bonchev–Trinajstić information content (AvgIpc) is 2.93. The Kier molecular flexibility index (Phi) is 4.45. The predicted octanol–water partition coefficient (Wildman–Crippen LogP) is 2.33. The van der Waals surface area contributed by atoms with Crippen LogP contribution in [0.2, 0.25) is 0 Å². The lowest BCUT2D eigenvalue weighted by Gasteiger charge is -2.38.